The summed E-state index contributed by atoms with van der Waals surface area (Å²) in [4.78, 5) is 2.52. The third-order valence-corrected chi connectivity index (χ3v) is 12.4. The lowest BCUT2D eigenvalue weighted by Gasteiger charge is -2.32. The van der Waals surface area contributed by atoms with Crippen LogP contribution in [-0.4, -0.2) is 0 Å². The van der Waals surface area contributed by atoms with E-state index in [4.69, 9.17) is 0 Å². The van der Waals surface area contributed by atoms with Gasteiger partial charge < -0.3 is 4.90 Å². The van der Waals surface area contributed by atoms with Gasteiger partial charge in [0.2, 0.25) is 0 Å². The molecule has 0 amide bonds. The van der Waals surface area contributed by atoms with Crippen molar-refractivity contribution in [3.63, 3.8) is 0 Å². The fourth-order valence-electron chi connectivity index (χ4n) is 9.98. The Balaban J connectivity index is 1.24. The molecule has 1 heteroatoms. The summed E-state index contributed by atoms with van der Waals surface area (Å²) in [6, 6.07) is 59.5. The molecular formula is C53H43N. The van der Waals surface area contributed by atoms with Crippen LogP contribution in [0.15, 0.2) is 176 Å². The normalized spacial score (nSPS) is 15.1. The molecule has 0 aromatic heterocycles. The molecule has 10 rings (SSSR count). The van der Waals surface area contributed by atoms with Crippen LogP contribution in [0, 0.1) is 0 Å². The Kier molecular flexibility index (Phi) is 7.33. The zero-order valence-electron chi connectivity index (χ0n) is 31.4. The predicted octanol–water partition coefficient (Wildman–Crippen LogP) is 14.2. The summed E-state index contributed by atoms with van der Waals surface area (Å²) in [5.74, 6) is 0. The number of anilines is 3. The lowest BCUT2D eigenvalue weighted by molar-refractivity contribution is 0.660. The van der Waals surface area contributed by atoms with Gasteiger partial charge in [0.05, 0.1) is 11.1 Å². The van der Waals surface area contributed by atoms with Gasteiger partial charge in [-0.05, 0) is 116 Å². The van der Waals surface area contributed by atoms with E-state index in [9.17, 15) is 0 Å². The highest BCUT2D eigenvalue weighted by Gasteiger charge is 2.52. The first-order valence-corrected chi connectivity index (χ1v) is 19.4. The molecule has 0 atom stereocenters. The van der Waals surface area contributed by atoms with Gasteiger partial charge in [-0.1, -0.05) is 166 Å². The van der Waals surface area contributed by atoms with Crippen LogP contribution in [0.4, 0.5) is 17.1 Å². The first-order chi connectivity index (χ1) is 26.5. The Labute approximate surface area is 319 Å². The number of nitrogens with zero attached hydrogens (tertiary/aromatic N) is 1. The van der Waals surface area contributed by atoms with Gasteiger partial charge in [-0.25, -0.2) is 0 Å². The van der Waals surface area contributed by atoms with Crippen molar-refractivity contribution in [3.8, 4) is 33.4 Å². The quantitative estimate of drug-likeness (QED) is 0.157. The molecule has 0 saturated carbocycles. The standard InChI is InChI=1S/C53H43N/c1-5-7-17-35(6-2)36-28-30-37(31-29-36)54(38-32-33-42-39-18-8-12-22-44(39)52(3,4)49(42)34-38)50-27-16-26-48-51(50)43-21-11-15-25-47(43)53(48)45-23-13-9-19-40(45)41-20-10-14-24-46(41)53/h6-34H,5H2,1-4H3. The summed E-state index contributed by atoms with van der Waals surface area (Å²) in [6.45, 7) is 9.06. The average molecular weight is 694 g/mol. The molecule has 7 aromatic carbocycles. The Morgan fingerprint density at radius 1 is 0.519 bits per heavy atom. The van der Waals surface area contributed by atoms with Gasteiger partial charge in [-0.15, -0.1) is 0 Å². The smallest absolute Gasteiger partial charge is 0.0726 e. The number of rotatable bonds is 6. The highest BCUT2D eigenvalue weighted by molar-refractivity contribution is 6.01. The van der Waals surface area contributed by atoms with Crippen LogP contribution >= 0.6 is 0 Å². The van der Waals surface area contributed by atoms with E-state index >= 15 is 0 Å². The second-order valence-electron chi connectivity index (χ2n) is 15.4. The van der Waals surface area contributed by atoms with Crippen molar-refractivity contribution >= 4 is 22.6 Å². The molecule has 0 aliphatic heterocycles. The molecule has 0 fully saturated rings. The Bertz CT molecular complexity index is 2640. The van der Waals surface area contributed by atoms with E-state index in [0.29, 0.717) is 0 Å². The van der Waals surface area contributed by atoms with Gasteiger partial charge in [-0.3, -0.25) is 0 Å². The van der Waals surface area contributed by atoms with Crippen molar-refractivity contribution in [2.75, 3.05) is 4.90 Å². The highest BCUT2D eigenvalue weighted by atomic mass is 15.1. The van der Waals surface area contributed by atoms with Gasteiger partial charge in [-0.2, -0.15) is 0 Å². The van der Waals surface area contributed by atoms with Crippen molar-refractivity contribution < 1.29 is 0 Å². The van der Waals surface area contributed by atoms with Gasteiger partial charge >= 0.3 is 0 Å². The molecule has 260 valence electrons. The first kappa shape index (κ1) is 32.5. The third kappa shape index (κ3) is 4.39. The average Bonchev–Trinajstić information content (AvgIpc) is 3.78. The maximum atomic E-state index is 2.52. The summed E-state index contributed by atoms with van der Waals surface area (Å²) >= 11 is 0. The first-order valence-electron chi connectivity index (χ1n) is 19.4. The molecule has 3 aliphatic carbocycles. The number of benzene rings is 7. The van der Waals surface area contributed by atoms with E-state index in [1.807, 2.05) is 0 Å². The molecule has 0 saturated heterocycles. The number of allylic oxidation sites excluding steroid dienone is 4. The molecule has 3 aliphatic rings. The number of hydrogen-bond acceptors (Lipinski definition) is 1. The molecule has 7 aromatic rings. The van der Waals surface area contributed by atoms with Crippen LogP contribution in [0.25, 0.3) is 39.0 Å². The van der Waals surface area contributed by atoms with Crippen molar-refractivity contribution in [2.24, 2.45) is 0 Å². The van der Waals surface area contributed by atoms with E-state index in [1.54, 1.807) is 0 Å². The predicted molar refractivity (Wildman–Crippen MR) is 228 cm³/mol. The minimum absolute atomic E-state index is 0.115. The molecule has 0 N–H and O–H groups in total. The third-order valence-electron chi connectivity index (χ3n) is 12.4. The summed E-state index contributed by atoms with van der Waals surface area (Å²) in [7, 11) is 0. The molecule has 0 heterocycles. The summed E-state index contributed by atoms with van der Waals surface area (Å²) in [5.41, 5.74) is 21.5. The topological polar surface area (TPSA) is 3.24 Å². The molecule has 0 bridgehead atoms. The Morgan fingerprint density at radius 2 is 1.04 bits per heavy atom. The maximum absolute atomic E-state index is 2.52. The van der Waals surface area contributed by atoms with Crippen molar-refractivity contribution in [1.29, 1.82) is 0 Å². The summed E-state index contributed by atoms with van der Waals surface area (Å²) < 4.78 is 0. The fourth-order valence-corrected chi connectivity index (χ4v) is 9.98. The Morgan fingerprint density at radius 3 is 1.67 bits per heavy atom. The molecule has 1 spiro atoms. The zero-order chi connectivity index (χ0) is 36.6. The lowest BCUT2D eigenvalue weighted by Crippen LogP contribution is -2.26. The Hall–Kier alpha value is -6.18. The van der Waals surface area contributed by atoms with Gasteiger partial charge in [0.25, 0.3) is 0 Å². The van der Waals surface area contributed by atoms with Crippen LogP contribution < -0.4 is 4.90 Å². The molecule has 0 unspecified atom stereocenters. The van der Waals surface area contributed by atoms with Crippen LogP contribution in [0.2, 0.25) is 0 Å². The van der Waals surface area contributed by atoms with Gasteiger partial charge in [0.15, 0.2) is 0 Å². The molecule has 0 radical (unpaired) electrons. The van der Waals surface area contributed by atoms with Crippen LogP contribution in [0.5, 0.6) is 0 Å². The second kappa shape index (κ2) is 12.2. The van der Waals surface area contributed by atoms with Gasteiger partial charge in [0.1, 0.15) is 0 Å². The zero-order valence-corrected chi connectivity index (χ0v) is 31.4. The van der Waals surface area contributed by atoms with Crippen LogP contribution in [0.1, 0.15) is 73.1 Å². The molecule has 1 nitrogen and oxygen atoms in total. The van der Waals surface area contributed by atoms with Crippen LogP contribution in [-0.2, 0) is 10.8 Å². The van der Waals surface area contributed by atoms with Crippen molar-refractivity contribution in [1.82, 2.24) is 0 Å². The van der Waals surface area contributed by atoms with E-state index < -0.39 is 5.41 Å². The monoisotopic (exact) mass is 693 g/mol. The maximum Gasteiger partial charge on any atom is 0.0726 e. The van der Waals surface area contributed by atoms with Crippen molar-refractivity contribution in [3.05, 3.63) is 215 Å². The fraction of sp³-hybridized carbons (Fsp3) is 0.132. The minimum Gasteiger partial charge on any atom is -0.310 e. The number of fused-ring (bicyclic) bond motifs is 13. The highest BCUT2D eigenvalue weighted by Crippen LogP contribution is 2.64. The van der Waals surface area contributed by atoms with E-state index in [-0.39, 0.29) is 5.41 Å². The summed E-state index contributed by atoms with van der Waals surface area (Å²) in [6.07, 6.45) is 7.69. The van der Waals surface area contributed by atoms with E-state index in [1.165, 1.54) is 89.3 Å². The minimum atomic E-state index is -0.404. The van der Waals surface area contributed by atoms with Crippen molar-refractivity contribution in [2.45, 2.75) is 44.9 Å². The SMILES string of the molecule is CC=C(C=CCC)c1ccc(N(c2ccc3c(c2)C(C)(C)c2ccccc2-3)c2cccc3c2-c2ccccc2C32c3ccccc3-c3ccccc32)cc1. The second-order valence-corrected chi connectivity index (χ2v) is 15.4. The summed E-state index contributed by atoms with van der Waals surface area (Å²) in [5, 5.41) is 0. The lowest BCUT2D eigenvalue weighted by atomic mass is 9.70. The largest absolute Gasteiger partial charge is 0.310 e. The van der Waals surface area contributed by atoms with Gasteiger partial charge in [0, 0.05) is 22.4 Å². The van der Waals surface area contributed by atoms with Crippen LogP contribution in [0.3, 0.4) is 0 Å². The van der Waals surface area contributed by atoms with E-state index in [2.05, 4.69) is 209 Å². The van der Waals surface area contributed by atoms with E-state index in [0.717, 1.165) is 12.1 Å². The number of hydrogen-bond donors (Lipinski definition) is 0. The molecular weight excluding hydrogens is 651 g/mol. The molecule has 54 heavy (non-hydrogen) atoms.